The fourth-order valence-corrected chi connectivity index (χ4v) is 2.67. The molecule has 6 nitrogen and oxygen atoms in total. The number of aromatic carboxylic acids is 1. The molecule has 2 heterocycles. The number of rotatable bonds is 5. The van der Waals surface area contributed by atoms with Gasteiger partial charge in [0, 0.05) is 18.5 Å². The summed E-state index contributed by atoms with van der Waals surface area (Å²) in [6, 6.07) is 0. The van der Waals surface area contributed by atoms with Crippen molar-refractivity contribution in [3.8, 4) is 0 Å². The van der Waals surface area contributed by atoms with E-state index in [4.69, 9.17) is 5.11 Å². The van der Waals surface area contributed by atoms with Crippen molar-refractivity contribution in [3.05, 3.63) is 27.2 Å². The zero-order chi connectivity index (χ0) is 13.1. The predicted molar refractivity (Wildman–Crippen MR) is 68.5 cm³/mol. The van der Waals surface area contributed by atoms with E-state index in [0.29, 0.717) is 11.7 Å². The molecule has 0 spiro atoms. The minimum absolute atomic E-state index is 0.157. The number of ketones is 1. The highest BCUT2D eigenvalue weighted by molar-refractivity contribution is 7.17. The number of nitrogens with one attached hydrogen (secondary N) is 1. The van der Waals surface area contributed by atoms with Gasteiger partial charge >= 0.3 is 5.97 Å². The van der Waals surface area contributed by atoms with Gasteiger partial charge in [-0.3, -0.25) is 4.79 Å². The molecule has 0 radical (unpaired) electrons. The van der Waals surface area contributed by atoms with Crippen molar-refractivity contribution in [1.82, 2.24) is 9.97 Å². The molecule has 8 heteroatoms. The Labute approximate surface area is 110 Å². The zero-order valence-electron chi connectivity index (χ0n) is 9.34. The van der Waals surface area contributed by atoms with Crippen molar-refractivity contribution in [1.29, 1.82) is 0 Å². The van der Waals surface area contributed by atoms with E-state index in [-0.39, 0.29) is 16.4 Å². The molecule has 0 atom stereocenters. The third-order valence-electron chi connectivity index (χ3n) is 2.02. The summed E-state index contributed by atoms with van der Waals surface area (Å²) in [5.41, 5.74) is -0.200. The van der Waals surface area contributed by atoms with Crippen molar-refractivity contribution >= 4 is 39.6 Å². The van der Waals surface area contributed by atoms with Crippen LogP contribution in [0.3, 0.4) is 0 Å². The van der Waals surface area contributed by atoms with Gasteiger partial charge in [0.2, 0.25) is 0 Å². The first-order chi connectivity index (χ1) is 8.58. The second-order valence-corrected chi connectivity index (χ2v) is 5.32. The van der Waals surface area contributed by atoms with Gasteiger partial charge in [0.15, 0.2) is 16.6 Å². The lowest BCUT2D eigenvalue weighted by Gasteiger charge is -1.97. The number of Topliss-reactive ketones (excluding diaryl/α,β-unsaturated/α-hetero) is 1. The van der Waals surface area contributed by atoms with Crippen molar-refractivity contribution in [2.24, 2.45) is 0 Å². The third kappa shape index (κ3) is 2.71. The van der Waals surface area contributed by atoms with Gasteiger partial charge in [-0.05, 0) is 0 Å². The Kier molecular flexibility index (Phi) is 3.68. The second kappa shape index (κ2) is 5.23. The summed E-state index contributed by atoms with van der Waals surface area (Å²) in [5, 5.41) is 15.0. The topological polar surface area (TPSA) is 92.2 Å². The molecule has 0 saturated carbocycles. The maximum absolute atomic E-state index is 11.3. The molecule has 0 aliphatic carbocycles. The predicted octanol–water partition coefficient (Wildman–Crippen LogP) is 2.11. The number of carboxylic acids is 1. The highest BCUT2D eigenvalue weighted by atomic mass is 32.1. The molecular weight excluding hydrogens is 274 g/mol. The SMILES string of the molecule is CC(=O)c1sc(NCc2nccs2)nc1C(=O)O. The molecule has 0 aromatic carbocycles. The van der Waals surface area contributed by atoms with Crippen LogP contribution in [0.1, 0.15) is 32.1 Å². The van der Waals surface area contributed by atoms with Gasteiger partial charge in [-0.15, -0.1) is 11.3 Å². The molecule has 2 N–H and O–H groups in total. The first kappa shape index (κ1) is 12.7. The van der Waals surface area contributed by atoms with E-state index in [1.807, 2.05) is 5.38 Å². The molecule has 0 aliphatic rings. The highest BCUT2D eigenvalue weighted by Crippen LogP contribution is 2.24. The average molecular weight is 283 g/mol. The van der Waals surface area contributed by atoms with Gasteiger partial charge in [0.25, 0.3) is 0 Å². The Morgan fingerprint density at radius 3 is 2.78 bits per heavy atom. The Bertz CT molecular complexity index is 546. The van der Waals surface area contributed by atoms with Crippen LogP contribution in [0.5, 0.6) is 0 Å². The summed E-state index contributed by atoms with van der Waals surface area (Å²) in [6.45, 7) is 1.78. The number of carboxylic acid groups (broad SMARTS) is 1. The summed E-state index contributed by atoms with van der Waals surface area (Å²) in [6.07, 6.45) is 1.69. The number of anilines is 1. The van der Waals surface area contributed by atoms with Crippen LogP contribution in [0.15, 0.2) is 11.6 Å². The van der Waals surface area contributed by atoms with Crippen LogP contribution < -0.4 is 5.32 Å². The second-order valence-electron chi connectivity index (χ2n) is 3.34. The molecule has 18 heavy (non-hydrogen) atoms. The van der Waals surface area contributed by atoms with Crippen LogP contribution in [0.4, 0.5) is 5.13 Å². The fourth-order valence-electron chi connectivity index (χ4n) is 1.27. The summed E-state index contributed by atoms with van der Waals surface area (Å²) in [7, 11) is 0. The summed E-state index contributed by atoms with van der Waals surface area (Å²) >= 11 is 2.53. The zero-order valence-corrected chi connectivity index (χ0v) is 11.0. The number of carbonyl (C=O) groups is 2. The molecule has 0 bridgehead atoms. The molecule has 2 rings (SSSR count). The van der Waals surface area contributed by atoms with Gasteiger partial charge < -0.3 is 10.4 Å². The van der Waals surface area contributed by atoms with Gasteiger partial charge in [-0.2, -0.15) is 0 Å². The van der Waals surface area contributed by atoms with Crippen LogP contribution in [-0.4, -0.2) is 26.8 Å². The molecular formula is C10H9N3O3S2. The number of carbonyl (C=O) groups excluding carboxylic acids is 1. The number of nitrogens with zero attached hydrogens (tertiary/aromatic N) is 2. The van der Waals surface area contributed by atoms with E-state index in [9.17, 15) is 9.59 Å². The van der Waals surface area contributed by atoms with Crippen molar-refractivity contribution in [3.63, 3.8) is 0 Å². The lowest BCUT2D eigenvalue weighted by atomic mass is 10.3. The number of hydrogen-bond donors (Lipinski definition) is 2. The molecule has 94 valence electrons. The maximum Gasteiger partial charge on any atom is 0.356 e. The Hall–Kier alpha value is -1.80. The van der Waals surface area contributed by atoms with Crippen molar-refractivity contribution in [2.75, 3.05) is 5.32 Å². The van der Waals surface area contributed by atoms with Gasteiger partial charge in [-0.25, -0.2) is 14.8 Å². The molecule has 0 aliphatic heterocycles. The van der Waals surface area contributed by atoms with E-state index >= 15 is 0 Å². The lowest BCUT2D eigenvalue weighted by molar-refractivity contribution is 0.0687. The van der Waals surface area contributed by atoms with E-state index < -0.39 is 5.97 Å². The van der Waals surface area contributed by atoms with Crippen molar-refractivity contribution < 1.29 is 14.7 Å². The van der Waals surface area contributed by atoms with Gasteiger partial charge in [-0.1, -0.05) is 11.3 Å². The quantitative estimate of drug-likeness (QED) is 0.816. The number of thiazole rings is 2. The average Bonchev–Trinajstić information content (AvgIpc) is 2.95. The number of hydrogen-bond acceptors (Lipinski definition) is 7. The molecule has 0 unspecified atom stereocenters. The maximum atomic E-state index is 11.3. The van der Waals surface area contributed by atoms with Crippen LogP contribution in [0.25, 0.3) is 0 Å². The number of aromatic nitrogens is 2. The highest BCUT2D eigenvalue weighted by Gasteiger charge is 2.20. The molecule has 2 aromatic heterocycles. The standard InChI is InChI=1S/C10H9N3O3S2/c1-5(14)8-7(9(15)16)13-10(18-8)12-4-6-11-2-3-17-6/h2-3H,4H2,1H3,(H,12,13)(H,15,16). The smallest absolute Gasteiger partial charge is 0.356 e. The molecule has 2 aromatic rings. The molecule has 0 saturated heterocycles. The normalized spacial score (nSPS) is 10.3. The van der Waals surface area contributed by atoms with E-state index in [1.165, 1.54) is 18.3 Å². The molecule has 0 fully saturated rings. The van der Waals surface area contributed by atoms with Gasteiger partial charge in [0.1, 0.15) is 9.88 Å². The third-order valence-corrected chi connectivity index (χ3v) is 3.92. The summed E-state index contributed by atoms with van der Waals surface area (Å²) < 4.78 is 0. The molecule has 0 amide bonds. The largest absolute Gasteiger partial charge is 0.476 e. The monoisotopic (exact) mass is 283 g/mol. The van der Waals surface area contributed by atoms with Crippen molar-refractivity contribution in [2.45, 2.75) is 13.5 Å². The Morgan fingerprint density at radius 2 is 2.28 bits per heavy atom. The van der Waals surface area contributed by atoms with Crippen LogP contribution >= 0.6 is 22.7 Å². The van der Waals surface area contributed by atoms with Crippen LogP contribution in [0, 0.1) is 0 Å². The summed E-state index contributed by atoms with van der Waals surface area (Å²) in [5.74, 6) is -1.49. The van der Waals surface area contributed by atoms with E-state index in [0.717, 1.165) is 16.3 Å². The van der Waals surface area contributed by atoms with Gasteiger partial charge in [0.05, 0.1) is 6.54 Å². The summed E-state index contributed by atoms with van der Waals surface area (Å²) in [4.78, 5) is 30.3. The van der Waals surface area contributed by atoms with Crippen LogP contribution in [-0.2, 0) is 6.54 Å². The van der Waals surface area contributed by atoms with Crippen LogP contribution in [0.2, 0.25) is 0 Å². The fraction of sp³-hybridized carbons (Fsp3) is 0.200. The minimum Gasteiger partial charge on any atom is -0.476 e. The first-order valence-corrected chi connectivity index (χ1v) is 6.65. The first-order valence-electron chi connectivity index (χ1n) is 4.95. The Balaban J connectivity index is 2.16. The van der Waals surface area contributed by atoms with E-state index in [1.54, 1.807) is 6.20 Å². The minimum atomic E-state index is -1.20. The van der Waals surface area contributed by atoms with E-state index in [2.05, 4.69) is 15.3 Å². The lowest BCUT2D eigenvalue weighted by Crippen LogP contribution is -2.04. The Morgan fingerprint density at radius 1 is 1.50 bits per heavy atom.